The molecule has 0 spiro atoms. The number of carbonyl (C=O) groups is 1. The first-order chi connectivity index (χ1) is 11.6. The zero-order valence-electron chi connectivity index (χ0n) is 13.2. The Bertz CT molecular complexity index is 702. The van der Waals surface area contributed by atoms with E-state index in [9.17, 15) is 9.90 Å². The summed E-state index contributed by atoms with van der Waals surface area (Å²) in [6.07, 6.45) is 0.0769. The van der Waals surface area contributed by atoms with Gasteiger partial charge in [-0.25, -0.2) is 0 Å². The molecular formula is C19H20ClNO3. The molecule has 5 heteroatoms. The normalized spacial score (nSPS) is 17.5. The lowest BCUT2D eigenvalue weighted by molar-refractivity contribution is -0.123. The molecule has 0 radical (unpaired) electrons. The number of aliphatic hydroxyl groups is 1. The standard InChI is InChI=1S/C19H20ClNO3/c20-15-7-5-13(6-8-15)17(22)11-19(23)21-12-14-9-10-24-18-4-2-1-3-16(14)18/h1-8,14,17,22H,9-12H2,(H,21,23)/t14-,17-/m0/s1. The first kappa shape index (κ1) is 16.8. The van der Waals surface area contributed by atoms with E-state index in [1.54, 1.807) is 24.3 Å². The largest absolute Gasteiger partial charge is 0.493 e. The number of halogens is 1. The third kappa shape index (κ3) is 4.08. The average molecular weight is 346 g/mol. The fourth-order valence-corrected chi connectivity index (χ4v) is 3.04. The highest BCUT2D eigenvalue weighted by molar-refractivity contribution is 6.30. The maximum Gasteiger partial charge on any atom is 0.222 e. The summed E-state index contributed by atoms with van der Waals surface area (Å²) in [7, 11) is 0. The van der Waals surface area contributed by atoms with Crippen LogP contribution in [-0.4, -0.2) is 24.2 Å². The van der Waals surface area contributed by atoms with Crippen LogP contribution in [0.1, 0.15) is 36.0 Å². The number of amides is 1. The highest BCUT2D eigenvalue weighted by Crippen LogP contribution is 2.32. The highest BCUT2D eigenvalue weighted by Gasteiger charge is 2.22. The van der Waals surface area contributed by atoms with Crippen molar-refractivity contribution >= 4 is 17.5 Å². The third-order valence-corrected chi connectivity index (χ3v) is 4.51. The molecule has 2 aromatic carbocycles. The lowest BCUT2D eigenvalue weighted by Crippen LogP contribution is -2.31. The topological polar surface area (TPSA) is 58.6 Å². The molecule has 0 aliphatic carbocycles. The summed E-state index contributed by atoms with van der Waals surface area (Å²) < 4.78 is 5.63. The fraction of sp³-hybridized carbons (Fsp3) is 0.316. The van der Waals surface area contributed by atoms with Crippen LogP contribution in [0.25, 0.3) is 0 Å². The molecule has 3 rings (SSSR count). The molecule has 1 aliphatic heterocycles. The summed E-state index contributed by atoms with van der Waals surface area (Å²) in [4.78, 5) is 12.1. The maximum atomic E-state index is 12.1. The molecule has 4 nitrogen and oxygen atoms in total. The summed E-state index contributed by atoms with van der Waals surface area (Å²) in [5.41, 5.74) is 1.81. The van der Waals surface area contributed by atoms with E-state index in [-0.39, 0.29) is 18.2 Å². The van der Waals surface area contributed by atoms with Gasteiger partial charge < -0.3 is 15.2 Å². The van der Waals surface area contributed by atoms with Crippen molar-refractivity contribution in [1.82, 2.24) is 5.32 Å². The summed E-state index contributed by atoms with van der Waals surface area (Å²) in [6, 6.07) is 14.8. The number of carbonyl (C=O) groups excluding carboxylic acids is 1. The molecule has 1 aliphatic rings. The Balaban J connectivity index is 1.54. The molecule has 0 unspecified atom stereocenters. The average Bonchev–Trinajstić information content (AvgIpc) is 2.60. The van der Waals surface area contributed by atoms with E-state index in [1.807, 2.05) is 24.3 Å². The second-order valence-electron chi connectivity index (χ2n) is 5.95. The molecule has 0 bridgehead atoms. The summed E-state index contributed by atoms with van der Waals surface area (Å²) in [5, 5.41) is 13.7. The Labute approximate surface area is 146 Å². The molecule has 2 N–H and O–H groups in total. The number of ether oxygens (including phenoxy) is 1. The summed E-state index contributed by atoms with van der Waals surface area (Å²) in [6.45, 7) is 1.21. The predicted octanol–water partition coefficient (Wildman–Crippen LogP) is 3.45. The van der Waals surface area contributed by atoms with E-state index < -0.39 is 6.10 Å². The van der Waals surface area contributed by atoms with Gasteiger partial charge in [0.2, 0.25) is 5.91 Å². The predicted molar refractivity (Wildman–Crippen MR) is 93.3 cm³/mol. The first-order valence-corrected chi connectivity index (χ1v) is 8.43. The van der Waals surface area contributed by atoms with Gasteiger partial charge in [0, 0.05) is 17.5 Å². The van der Waals surface area contributed by atoms with E-state index in [2.05, 4.69) is 5.32 Å². The van der Waals surface area contributed by atoms with Crippen LogP contribution in [0.5, 0.6) is 5.75 Å². The van der Waals surface area contributed by atoms with Crippen molar-refractivity contribution in [2.24, 2.45) is 0 Å². The number of para-hydroxylation sites is 1. The van der Waals surface area contributed by atoms with Gasteiger partial charge in [-0.2, -0.15) is 0 Å². The van der Waals surface area contributed by atoms with Crippen LogP contribution < -0.4 is 10.1 Å². The van der Waals surface area contributed by atoms with Gasteiger partial charge in [-0.1, -0.05) is 41.9 Å². The van der Waals surface area contributed by atoms with Gasteiger partial charge in [-0.05, 0) is 35.7 Å². The number of rotatable bonds is 5. The minimum absolute atomic E-state index is 0.0342. The van der Waals surface area contributed by atoms with Gasteiger partial charge in [0.1, 0.15) is 5.75 Å². The van der Waals surface area contributed by atoms with E-state index >= 15 is 0 Å². The second kappa shape index (κ2) is 7.69. The molecule has 126 valence electrons. The molecule has 1 heterocycles. The van der Waals surface area contributed by atoms with Gasteiger partial charge in [0.25, 0.3) is 0 Å². The maximum absolute atomic E-state index is 12.1. The summed E-state index contributed by atoms with van der Waals surface area (Å²) in [5.74, 6) is 0.970. The van der Waals surface area contributed by atoms with Crippen molar-refractivity contribution in [2.75, 3.05) is 13.2 Å². The van der Waals surface area contributed by atoms with Crippen LogP contribution in [0.3, 0.4) is 0 Å². The smallest absolute Gasteiger partial charge is 0.222 e. The zero-order valence-corrected chi connectivity index (χ0v) is 14.0. The first-order valence-electron chi connectivity index (χ1n) is 8.05. The monoisotopic (exact) mass is 345 g/mol. The number of aliphatic hydroxyl groups excluding tert-OH is 1. The number of nitrogens with one attached hydrogen (secondary N) is 1. The van der Waals surface area contributed by atoms with Crippen LogP contribution in [0, 0.1) is 0 Å². The van der Waals surface area contributed by atoms with Crippen molar-refractivity contribution in [1.29, 1.82) is 0 Å². The zero-order chi connectivity index (χ0) is 16.9. The van der Waals surface area contributed by atoms with E-state index in [4.69, 9.17) is 16.3 Å². The number of hydrogen-bond acceptors (Lipinski definition) is 3. The van der Waals surface area contributed by atoms with E-state index in [1.165, 1.54) is 0 Å². The molecule has 2 atom stereocenters. The van der Waals surface area contributed by atoms with Crippen LogP contribution in [0.2, 0.25) is 5.02 Å². The molecule has 1 amide bonds. The molecule has 0 fully saturated rings. The minimum Gasteiger partial charge on any atom is -0.493 e. The van der Waals surface area contributed by atoms with E-state index in [0.717, 1.165) is 17.7 Å². The molecule has 0 aromatic heterocycles. The lowest BCUT2D eigenvalue weighted by Gasteiger charge is -2.26. The highest BCUT2D eigenvalue weighted by atomic mass is 35.5. The number of benzene rings is 2. The van der Waals surface area contributed by atoms with Crippen LogP contribution in [0.4, 0.5) is 0 Å². The van der Waals surface area contributed by atoms with Gasteiger partial charge in [-0.3, -0.25) is 4.79 Å². The van der Waals surface area contributed by atoms with Gasteiger partial charge in [0.05, 0.1) is 19.1 Å². The minimum atomic E-state index is -0.829. The van der Waals surface area contributed by atoms with Crippen molar-refractivity contribution < 1.29 is 14.6 Å². The number of hydrogen-bond donors (Lipinski definition) is 2. The Hall–Kier alpha value is -2.04. The SMILES string of the molecule is O=C(C[C@H](O)c1ccc(Cl)cc1)NC[C@@H]1CCOc2ccccc21. The Morgan fingerprint density at radius 2 is 2.00 bits per heavy atom. The number of fused-ring (bicyclic) bond motifs is 1. The van der Waals surface area contributed by atoms with Gasteiger partial charge in [0.15, 0.2) is 0 Å². The fourth-order valence-electron chi connectivity index (χ4n) is 2.92. The van der Waals surface area contributed by atoms with Crippen molar-refractivity contribution in [3.05, 3.63) is 64.7 Å². The molecular weight excluding hydrogens is 326 g/mol. The quantitative estimate of drug-likeness (QED) is 0.872. The Morgan fingerprint density at radius 1 is 1.25 bits per heavy atom. The molecule has 0 saturated heterocycles. The van der Waals surface area contributed by atoms with Crippen LogP contribution in [0.15, 0.2) is 48.5 Å². The molecule has 2 aromatic rings. The van der Waals surface area contributed by atoms with Crippen LogP contribution >= 0.6 is 11.6 Å². The molecule has 0 saturated carbocycles. The van der Waals surface area contributed by atoms with Gasteiger partial charge >= 0.3 is 0 Å². The third-order valence-electron chi connectivity index (χ3n) is 4.26. The second-order valence-corrected chi connectivity index (χ2v) is 6.38. The van der Waals surface area contributed by atoms with Crippen molar-refractivity contribution in [3.8, 4) is 5.75 Å². The van der Waals surface area contributed by atoms with Crippen LogP contribution in [-0.2, 0) is 4.79 Å². The van der Waals surface area contributed by atoms with Crippen molar-refractivity contribution in [2.45, 2.75) is 24.9 Å². The van der Waals surface area contributed by atoms with Crippen molar-refractivity contribution in [3.63, 3.8) is 0 Å². The summed E-state index contributed by atoms with van der Waals surface area (Å²) >= 11 is 5.83. The van der Waals surface area contributed by atoms with E-state index in [0.29, 0.717) is 23.7 Å². The Kier molecular flexibility index (Phi) is 5.38. The Morgan fingerprint density at radius 3 is 2.79 bits per heavy atom. The molecule has 24 heavy (non-hydrogen) atoms. The lowest BCUT2D eigenvalue weighted by atomic mass is 9.93. The van der Waals surface area contributed by atoms with Gasteiger partial charge in [-0.15, -0.1) is 0 Å².